The van der Waals surface area contributed by atoms with Crippen LogP contribution in [0.4, 0.5) is 4.39 Å². The van der Waals surface area contributed by atoms with Gasteiger partial charge in [-0.1, -0.05) is 71.9 Å². The summed E-state index contributed by atoms with van der Waals surface area (Å²) in [6, 6.07) is 21.9. The van der Waals surface area contributed by atoms with E-state index >= 15 is 0 Å². The number of halogens is 2. The average molecular weight is 425 g/mol. The van der Waals surface area contributed by atoms with E-state index in [0.29, 0.717) is 45.4 Å². The van der Waals surface area contributed by atoms with Gasteiger partial charge in [0.2, 0.25) is 0 Å². The van der Waals surface area contributed by atoms with Crippen LogP contribution in [0, 0.1) is 5.82 Å². The van der Waals surface area contributed by atoms with E-state index in [1.54, 1.807) is 22.8 Å². The standard InChI is InChI=1S/C23H18ClFN2OS/c24-19-10-6-11-20(25)18(19)15-29-23-26-21-12-5-4-9-17(21)22(28)27(23)14-13-16-7-2-1-3-8-16/h1-12H,13-15H2. The largest absolute Gasteiger partial charge is 0.287 e. The Hall–Kier alpha value is -2.63. The van der Waals surface area contributed by atoms with E-state index in [1.807, 2.05) is 48.5 Å². The molecular formula is C23H18ClFN2OS. The topological polar surface area (TPSA) is 34.9 Å². The number of hydrogen-bond acceptors (Lipinski definition) is 3. The van der Waals surface area contributed by atoms with Crippen LogP contribution in [0.25, 0.3) is 10.9 Å². The molecule has 6 heteroatoms. The maximum atomic E-state index is 14.2. The first-order valence-corrected chi connectivity index (χ1v) is 10.6. The van der Waals surface area contributed by atoms with E-state index in [-0.39, 0.29) is 11.4 Å². The molecule has 1 heterocycles. The van der Waals surface area contributed by atoms with Crippen LogP contribution in [-0.2, 0) is 18.7 Å². The predicted octanol–water partition coefficient (Wildman–Crippen LogP) is 5.72. The lowest BCUT2D eigenvalue weighted by Crippen LogP contribution is -2.24. The molecule has 0 radical (unpaired) electrons. The van der Waals surface area contributed by atoms with Gasteiger partial charge in [-0.2, -0.15) is 0 Å². The minimum Gasteiger partial charge on any atom is -0.287 e. The fourth-order valence-electron chi connectivity index (χ4n) is 3.15. The minimum absolute atomic E-state index is 0.0892. The van der Waals surface area contributed by atoms with Crippen LogP contribution in [0.3, 0.4) is 0 Å². The van der Waals surface area contributed by atoms with Crippen LogP contribution in [0.5, 0.6) is 0 Å². The molecule has 0 spiro atoms. The van der Waals surface area contributed by atoms with Crippen LogP contribution in [0.15, 0.2) is 82.7 Å². The Bertz CT molecular complexity index is 1190. The minimum atomic E-state index is -0.357. The Labute approximate surface area is 177 Å². The Balaban J connectivity index is 1.70. The summed E-state index contributed by atoms with van der Waals surface area (Å²) in [6.07, 6.45) is 0.703. The van der Waals surface area contributed by atoms with E-state index in [2.05, 4.69) is 4.98 Å². The Morgan fingerprint density at radius 2 is 1.72 bits per heavy atom. The van der Waals surface area contributed by atoms with Gasteiger partial charge in [-0.25, -0.2) is 9.37 Å². The van der Waals surface area contributed by atoms with Crippen molar-refractivity contribution < 1.29 is 4.39 Å². The molecule has 4 rings (SSSR count). The van der Waals surface area contributed by atoms with E-state index < -0.39 is 0 Å². The van der Waals surface area contributed by atoms with Gasteiger partial charge in [0.05, 0.1) is 10.9 Å². The smallest absolute Gasteiger partial charge is 0.262 e. The highest BCUT2D eigenvalue weighted by Crippen LogP contribution is 2.28. The molecule has 0 aliphatic heterocycles. The van der Waals surface area contributed by atoms with Crippen molar-refractivity contribution in [2.75, 3.05) is 0 Å². The second-order valence-corrected chi connectivity index (χ2v) is 7.94. The summed E-state index contributed by atoms with van der Waals surface area (Å²) >= 11 is 7.48. The first-order valence-electron chi connectivity index (χ1n) is 9.22. The molecule has 4 aromatic rings. The molecule has 0 amide bonds. The van der Waals surface area contributed by atoms with Crippen molar-refractivity contribution in [3.8, 4) is 0 Å². The molecule has 0 unspecified atom stereocenters. The molecule has 0 saturated carbocycles. The highest BCUT2D eigenvalue weighted by Gasteiger charge is 2.14. The number of benzene rings is 3. The van der Waals surface area contributed by atoms with Gasteiger partial charge in [0, 0.05) is 22.9 Å². The maximum absolute atomic E-state index is 14.2. The van der Waals surface area contributed by atoms with E-state index in [0.717, 1.165) is 5.56 Å². The Kier molecular flexibility index (Phi) is 5.97. The van der Waals surface area contributed by atoms with Crippen molar-refractivity contribution in [3.63, 3.8) is 0 Å². The normalized spacial score (nSPS) is 11.1. The van der Waals surface area contributed by atoms with Crippen molar-refractivity contribution in [2.45, 2.75) is 23.9 Å². The molecule has 0 aliphatic carbocycles. The zero-order valence-corrected chi connectivity index (χ0v) is 17.1. The second kappa shape index (κ2) is 8.80. The molecule has 0 aliphatic rings. The molecule has 0 fully saturated rings. The van der Waals surface area contributed by atoms with Crippen LogP contribution < -0.4 is 5.56 Å². The van der Waals surface area contributed by atoms with E-state index in [9.17, 15) is 9.18 Å². The molecule has 3 nitrogen and oxygen atoms in total. The van der Waals surface area contributed by atoms with Gasteiger partial charge >= 0.3 is 0 Å². The highest BCUT2D eigenvalue weighted by atomic mass is 35.5. The van der Waals surface area contributed by atoms with Crippen molar-refractivity contribution in [1.82, 2.24) is 9.55 Å². The van der Waals surface area contributed by atoms with Crippen LogP contribution in [0.2, 0.25) is 5.02 Å². The number of thioether (sulfide) groups is 1. The number of nitrogens with zero attached hydrogens (tertiary/aromatic N) is 2. The summed E-state index contributed by atoms with van der Waals surface area (Å²) in [4.78, 5) is 17.8. The maximum Gasteiger partial charge on any atom is 0.262 e. The lowest BCUT2D eigenvalue weighted by Gasteiger charge is -2.14. The number of aryl methyl sites for hydroxylation is 1. The first kappa shape index (κ1) is 19.7. The zero-order chi connectivity index (χ0) is 20.2. The Morgan fingerprint density at radius 1 is 0.966 bits per heavy atom. The van der Waals surface area contributed by atoms with Crippen molar-refractivity contribution in [1.29, 1.82) is 0 Å². The molecule has 3 aromatic carbocycles. The van der Waals surface area contributed by atoms with Gasteiger partial charge in [-0.05, 0) is 36.2 Å². The number of fused-ring (bicyclic) bond motifs is 1. The van der Waals surface area contributed by atoms with Crippen molar-refractivity contribution in [2.24, 2.45) is 0 Å². The monoisotopic (exact) mass is 424 g/mol. The SMILES string of the molecule is O=c1c2ccccc2nc(SCc2c(F)cccc2Cl)n1CCc1ccccc1. The van der Waals surface area contributed by atoms with Gasteiger partial charge in [-0.15, -0.1) is 0 Å². The third kappa shape index (κ3) is 4.36. The molecule has 0 saturated heterocycles. The van der Waals surface area contributed by atoms with Crippen molar-refractivity contribution in [3.05, 3.63) is 105 Å². The summed E-state index contributed by atoms with van der Waals surface area (Å²) in [5, 5.41) is 1.51. The lowest BCUT2D eigenvalue weighted by molar-refractivity contribution is 0.594. The van der Waals surface area contributed by atoms with Gasteiger partial charge < -0.3 is 0 Å². The lowest BCUT2D eigenvalue weighted by atomic mass is 10.1. The van der Waals surface area contributed by atoms with Crippen LogP contribution >= 0.6 is 23.4 Å². The predicted molar refractivity (Wildman–Crippen MR) is 117 cm³/mol. The van der Waals surface area contributed by atoms with Crippen molar-refractivity contribution >= 4 is 34.3 Å². The number of rotatable bonds is 6. The molecule has 29 heavy (non-hydrogen) atoms. The summed E-state index contributed by atoms with van der Waals surface area (Å²) in [5.41, 5.74) is 2.10. The zero-order valence-electron chi connectivity index (χ0n) is 15.5. The second-order valence-electron chi connectivity index (χ2n) is 6.59. The summed E-state index contributed by atoms with van der Waals surface area (Å²) in [6.45, 7) is 0.494. The highest BCUT2D eigenvalue weighted by molar-refractivity contribution is 7.98. The molecule has 146 valence electrons. The third-order valence-corrected chi connectivity index (χ3v) is 6.06. The molecule has 0 bridgehead atoms. The van der Waals surface area contributed by atoms with Gasteiger partial charge in [-0.3, -0.25) is 9.36 Å². The van der Waals surface area contributed by atoms with Gasteiger partial charge in [0.15, 0.2) is 5.16 Å². The van der Waals surface area contributed by atoms with E-state index in [4.69, 9.17) is 11.6 Å². The molecular weight excluding hydrogens is 407 g/mol. The van der Waals surface area contributed by atoms with E-state index in [1.165, 1.54) is 17.8 Å². The molecule has 0 atom stereocenters. The van der Waals surface area contributed by atoms with Gasteiger partial charge in [0.1, 0.15) is 5.82 Å². The number of aromatic nitrogens is 2. The van der Waals surface area contributed by atoms with Crippen LogP contribution in [0.1, 0.15) is 11.1 Å². The summed E-state index contributed by atoms with van der Waals surface area (Å²) in [5.74, 6) is -0.0642. The molecule has 1 aromatic heterocycles. The fraction of sp³-hybridized carbons (Fsp3) is 0.130. The van der Waals surface area contributed by atoms with Gasteiger partial charge in [0.25, 0.3) is 5.56 Å². The Morgan fingerprint density at radius 3 is 2.52 bits per heavy atom. The summed E-state index contributed by atoms with van der Waals surface area (Å²) < 4.78 is 15.8. The average Bonchev–Trinajstić information content (AvgIpc) is 2.74. The summed E-state index contributed by atoms with van der Waals surface area (Å²) in [7, 11) is 0. The molecule has 0 N–H and O–H groups in total. The quantitative estimate of drug-likeness (QED) is 0.293. The van der Waals surface area contributed by atoms with Crippen LogP contribution in [-0.4, -0.2) is 9.55 Å². The number of hydrogen-bond donors (Lipinski definition) is 0. The number of para-hydroxylation sites is 1. The third-order valence-electron chi connectivity index (χ3n) is 4.70. The fourth-order valence-corrected chi connectivity index (χ4v) is 4.52. The first-order chi connectivity index (χ1) is 14.1.